The van der Waals surface area contributed by atoms with E-state index in [1.165, 1.54) is 10.9 Å². The Morgan fingerprint density at radius 1 is 1.25 bits per heavy atom. The monoisotopic (exact) mass is 361 g/mol. The predicted octanol–water partition coefficient (Wildman–Crippen LogP) is 3.65. The van der Waals surface area contributed by atoms with E-state index in [-0.39, 0.29) is 12.1 Å². The molecule has 1 unspecified atom stereocenters. The van der Waals surface area contributed by atoms with Crippen LogP contribution in [0.15, 0.2) is 34.1 Å². The lowest BCUT2D eigenvalue weighted by Crippen LogP contribution is -2.24. The Kier molecular flexibility index (Phi) is 5.65. The maximum Gasteiger partial charge on any atom is 0.131 e. The van der Waals surface area contributed by atoms with Crippen LogP contribution in [0.5, 0.6) is 0 Å². The molecule has 0 aliphatic carbocycles. The predicted molar refractivity (Wildman–Crippen MR) is 79.9 cm³/mol. The Labute approximate surface area is 128 Å². The van der Waals surface area contributed by atoms with Gasteiger partial charge in [0.05, 0.1) is 9.89 Å². The van der Waals surface area contributed by atoms with Crippen molar-refractivity contribution in [2.45, 2.75) is 12.5 Å². The van der Waals surface area contributed by atoms with E-state index in [0.717, 1.165) is 22.3 Å². The molecule has 1 atom stereocenters. The van der Waals surface area contributed by atoms with Crippen LogP contribution in [0.2, 0.25) is 0 Å². The number of hydrogen-bond acceptors (Lipinski definition) is 3. The van der Waals surface area contributed by atoms with E-state index in [9.17, 15) is 13.9 Å². The van der Waals surface area contributed by atoms with Gasteiger partial charge in [0.15, 0.2) is 0 Å². The first kappa shape index (κ1) is 15.6. The summed E-state index contributed by atoms with van der Waals surface area (Å²) in [6.45, 7) is 0.919. The molecule has 0 aliphatic rings. The largest absolute Gasteiger partial charge is 0.387 e. The lowest BCUT2D eigenvalue weighted by molar-refractivity contribution is 0.170. The molecule has 0 saturated heterocycles. The van der Waals surface area contributed by atoms with Crippen LogP contribution in [0, 0.1) is 11.6 Å². The van der Waals surface area contributed by atoms with Crippen molar-refractivity contribution in [3.05, 3.63) is 56.2 Å². The standard InChI is InChI=1S/C14H14BrF2NOS/c15-14-4-2-10(20-14)5-6-18-8-13(19)11-3-1-9(16)7-12(11)17/h1-4,7,13,18-19H,5-6,8H2. The van der Waals surface area contributed by atoms with Crippen molar-refractivity contribution in [1.29, 1.82) is 0 Å². The van der Waals surface area contributed by atoms with Crippen molar-refractivity contribution in [3.8, 4) is 0 Å². The lowest BCUT2D eigenvalue weighted by Gasteiger charge is -2.12. The highest BCUT2D eigenvalue weighted by Crippen LogP contribution is 2.22. The van der Waals surface area contributed by atoms with E-state index < -0.39 is 17.7 Å². The molecule has 108 valence electrons. The second kappa shape index (κ2) is 7.26. The average molecular weight is 362 g/mol. The highest BCUT2D eigenvalue weighted by atomic mass is 79.9. The Morgan fingerprint density at radius 2 is 2.05 bits per heavy atom. The van der Waals surface area contributed by atoms with E-state index in [1.807, 2.05) is 12.1 Å². The molecule has 0 saturated carbocycles. The number of aliphatic hydroxyl groups excluding tert-OH is 1. The average Bonchev–Trinajstić information content (AvgIpc) is 2.80. The summed E-state index contributed by atoms with van der Waals surface area (Å²) in [5, 5.41) is 12.9. The smallest absolute Gasteiger partial charge is 0.131 e. The molecule has 1 aromatic carbocycles. The van der Waals surface area contributed by atoms with Crippen LogP contribution in [0.4, 0.5) is 8.78 Å². The van der Waals surface area contributed by atoms with Crippen LogP contribution in [0.1, 0.15) is 16.5 Å². The summed E-state index contributed by atoms with van der Waals surface area (Å²) in [6, 6.07) is 7.22. The maximum absolute atomic E-state index is 13.4. The molecule has 0 radical (unpaired) electrons. The van der Waals surface area contributed by atoms with Crippen molar-refractivity contribution < 1.29 is 13.9 Å². The van der Waals surface area contributed by atoms with Crippen molar-refractivity contribution in [2.75, 3.05) is 13.1 Å². The van der Waals surface area contributed by atoms with Gasteiger partial charge in [-0.25, -0.2) is 8.78 Å². The van der Waals surface area contributed by atoms with Crippen molar-refractivity contribution >= 4 is 27.3 Å². The van der Waals surface area contributed by atoms with Gasteiger partial charge in [-0.3, -0.25) is 0 Å². The Balaban J connectivity index is 1.78. The minimum atomic E-state index is -0.981. The molecule has 20 heavy (non-hydrogen) atoms. The zero-order valence-corrected chi connectivity index (χ0v) is 13.0. The molecule has 2 nitrogen and oxygen atoms in total. The third kappa shape index (κ3) is 4.34. The molecule has 6 heteroatoms. The Bertz CT molecular complexity index is 576. The van der Waals surface area contributed by atoms with E-state index in [4.69, 9.17) is 0 Å². The topological polar surface area (TPSA) is 32.3 Å². The Morgan fingerprint density at radius 3 is 2.70 bits per heavy atom. The number of nitrogens with one attached hydrogen (secondary N) is 1. The van der Waals surface area contributed by atoms with E-state index in [0.29, 0.717) is 6.54 Å². The zero-order chi connectivity index (χ0) is 14.5. The minimum absolute atomic E-state index is 0.109. The molecule has 0 aliphatic heterocycles. The van der Waals surface area contributed by atoms with Gasteiger partial charge >= 0.3 is 0 Å². The van der Waals surface area contributed by atoms with Crippen LogP contribution < -0.4 is 5.32 Å². The first-order valence-corrected chi connectivity index (χ1v) is 7.75. The third-order valence-electron chi connectivity index (χ3n) is 2.84. The molecular weight excluding hydrogens is 348 g/mol. The second-order valence-corrected chi connectivity index (χ2v) is 6.89. The van der Waals surface area contributed by atoms with E-state index >= 15 is 0 Å². The number of halogens is 3. The van der Waals surface area contributed by atoms with Crippen molar-refractivity contribution in [1.82, 2.24) is 5.32 Å². The molecule has 2 N–H and O–H groups in total. The zero-order valence-electron chi connectivity index (χ0n) is 10.6. The maximum atomic E-state index is 13.4. The molecule has 0 fully saturated rings. The molecule has 0 amide bonds. The van der Waals surface area contributed by atoms with Gasteiger partial charge in [-0.15, -0.1) is 11.3 Å². The fourth-order valence-electron chi connectivity index (χ4n) is 1.82. The minimum Gasteiger partial charge on any atom is -0.387 e. The molecule has 2 rings (SSSR count). The summed E-state index contributed by atoms with van der Waals surface area (Å²) in [4.78, 5) is 1.23. The highest BCUT2D eigenvalue weighted by molar-refractivity contribution is 9.11. The SMILES string of the molecule is OC(CNCCc1ccc(Br)s1)c1ccc(F)cc1F. The number of benzene rings is 1. The van der Waals surface area contributed by atoms with Gasteiger partial charge in [0.25, 0.3) is 0 Å². The molecule has 0 spiro atoms. The van der Waals surface area contributed by atoms with Gasteiger partial charge in [-0.2, -0.15) is 0 Å². The number of aliphatic hydroxyl groups is 1. The van der Waals surface area contributed by atoms with Crippen LogP contribution >= 0.6 is 27.3 Å². The lowest BCUT2D eigenvalue weighted by atomic mass is 10.1. The van der Waals surface area contributed by atoms with Gasteiger partial charge in [0.1, 0.15) is 11.6 Å². The van der Waals surface area contributed by atoms with Gasteiger partial charge in [0.2, 0.25) is 0 Å². The fourth-order valence-corrected chi connectivity index (χ4v) is 3.30. The summed E-state index contributed by atoms with van der Waals surface area (Å²) < 4.78 is 27.3. The van der Waals surface area contributed by atoms with Crippen LogP contribution in [0.25, 0.3) is 0 Å². The van der Waals surface area contributed by atoms with E-state index in [1.54, 1.807) is 11.3 Å². The second-order valence-electron chi connectivity index (χ2n) is 4.34. The van der Waals surface area contributed by atoms with Crippen molar-refractivity contribution in [3.63, 3.8) is 0 Å². The van der Waals surface area contributed by atoms with Gasteiger partial charge in [-0.05, 0) is 40.5 Å². The fraction of sp³-hybridized carbons (Fsp3) is 0.286. The highest BCUT2D eigenvalue weighted by Gasteiger charge is 2.13. The van der Waals surface area contributed by atoms with Gasteiger partial charge in [0, 0.05) is 29.6 Å². The number of hydrogen-bond donors (Lipinski definition) is 2. The molecule has 1 heterocycles. The molecule has 0 bridgehead atoms. The van der Waals surface area contributed by atoms with Crippen LogP contribution in [-0.2, 0) is 6.42 Å². The molecule has 2 aromatic rings. The first-order valence-electron chi connectivity index (χ1n) is 6.14. The van der Waals surface area contributed by atoms with E-state index in [2.05, 4.69) is 21.2 Å². The summed E-state index contributed by atoms with van der Waals surface area (Å²) in [5.74, 6) is -1.36. The summed E-state index contributed by atoms with van der Waals surface area (Å²) in [7, 11) is 0. The molecular formula is C14H14BrF2NOS. The third-order valence-corrected chi connectivity index (χ3v) is 4.52. The van der Waals surface area contributed by atoms with Crippen LogP contribution in [0.3, 0.4) is 0 Å². The van der Waals surface area contributed by atoms with Gasteiger partial charge < -0.3 is 10.4 Å². The van der Waals surface area contributed by atoms with Crippen molar-refractivity contribution in [2.24, 2.45) is 0 Å². The quantitative estimate of drug-likeness (QED) is 0.769. The normalized spacial score (nSPS) is 12.6. The summed E-state index contributed by atoms with van der Waals surface area (Å²) >= 11 is 5.05. The first-order chi connectivity index (χ1) is 9.56. The summed E-state index contributed by atoms with van der Waals surface area (Å²) in [5.41, 5.74) is 0.109. The van der Waals surface area contributed by atoms with Crippen LogP contribution in [-0.4, -0.2) is 18.2 Å². The Hall–Kier alpha value is -0.820. The molecule has 1 aromatic heterocycles. The van der Waals surface area contributed by atoms with Gasteiger partial charge in [-0.1, -0.05) is 6.07 Å². The summed E-state index contributed by atoms with van der Waals surface area (Å²) in [6.07, 6.45) is -0.139. The number of thiophene rings is 1. The number of rotatable bonds is 6.